The number of aryl methyl sites for hydroxylation is 1. The van der Waals surface area contributed by atoms with Crippen LogP contribution < -0.4 is 4.74 Å². The van der Waals surface area contributed by atoms with Gasteiger partial charge in [0.2, 0.25) is 0 Å². The van der Waals surface area contributed by atoms with E-state index in [0.717, 1.165) is 18.7 Å². The minimum absolute atomic E-state index is 0.0714. The van der Waals surface area contributed by atoms with E-state index in [1.54, 1.807) is 53.4 Å². The van der Waals surface area contributed by atoms with E-state index in [-0.39, 0.29) is 11.3 Å². The van der Waals surface area contributed by atoms with Gasteiger partial charge >= 0.3 is 0 Å². The predicted octanol–water partition coefficient (Wildman–Crippen LogP) is 3.97. The highest BCUT2D eigenvalue weighted by Crippen LogP contribution is 2.40. The molecule has 184 valence electrons. The molecule has 7 nitrogen and oxygen atoms in total. The average molecular weight is 497 g/mol. The zero-order chi connectivity index (χ0) is 24.9. The molecule has 2 aliphatic rings. The Hall–Kier alpha value is -3.13. The number of benzene rings is 2. The molecule has 0 radical (unpaired) electrons. The number of rotatable bonds is 8. The molecule has 2 fully saturated rings. The summed E-state index contributed by atoms with van der Waals surface area (Å²) in [5, 5.41) is 11.9. The number of likely N-dealkylation sites (tertiary alicyclic amines) is 1. The van der Waals surface area contributed by atoms with Crippen LogP contribution in [0.1, 0.15) is 22.7 Å². The highest BCUT2D eigenvalue weighted by Gasteiger charge is 2.46. The summed E-state index contributed by atoms with van der Waals surface area (Å²) >= 11 is 6.10. The average Bonchev–Trinajstić information content (AvgIpc) is 3.12. The Bertz CT molecular complexity index is 1140. The third-order valence-corrected chi connectivity index (χ3v) is 6.56. The smallest absolute Gasteiger partial charge is 0.295 e. The number of hydrogen-bond acceptors (Lipinski definition) is 6. The number of amides is 1. The summed E-state index contributed by atoms with van der Waals surface area (Å²) in [6.45, 7) is 9.61. The van der Waals surface area contributed by atoms with Crippen molar-refractivity contribution in [3.8, 4) is 5.75 Å². The van der Waals surface area contributed by atoms with Crippen LogP contribution in [0.3, 0.4) is 0 Å². The molecule has 2 heterocycles. The number of nitrogens with zero attached hydrogens (tertiary/aromatic N) is 2. The van der Waals surface area contributed by atoms with Gasteiger partial charge in [0.25, 0.3) is 11.7 Å². The molecule has 0 aliphatic carbocycles. The third-order valence-electron chi connectivity index (χ3n) is 6.31. The summed E-state index contributed by atoms with van der Waals surface area (Å²) in [4.78, 5) is 30.2. The molecule has 2 aliphatic heterocycles. The fraction of sp³-hybridized carbons (Fsp3) is 0.333. The van der Waals surface area contributed by atoms with Crippen LogP contribution in [0.4, 0.5) is 0 Å². The number of halogens is 1. The van der Waals surface area contributed by atoms with E-state index < -0.39 is 17.7 Å². The molecular weight excluding hydrogens is 468 g/mol. The molecule has 0 saturated carbocycles. The van der Waals surface area contributed by atoms with Crippen molar-refractivity contribution in [2.24, 2.45) is 0 Å². The van der Waals surface area contributed by atoms with E-state index in [2.05, 4.69) is 11.5 Å². The van der Waals surface area contributed by atoms with Gasteiger partial charge < -0.3 is 19.5 Å². The number of Topliss-reactive ketones (excluding diaryl/α,β-unsaturated/α-hetero) is 1. The maximum atomic E-state index is 13.2. The van der Waals surface area contributed by atoms with Crippen molar-refractivity contribution in [2.75, 3.05) is 46.0 Å². The molecule has 1 amide bonds. The first-order valence-corrected chi connectivity index (χ1v) is 12.0. The molecule has 1 atom stereocenters. The van der Waals surface area contributed by atoms with Gasteiger partial charge in [0.15, 0.2) is 0 Å². The topological polar surface area (TPSA) is 79.3 Å². The van der Waals surface area contributed by atoms with Crippen molar-refractivity contribution in [3.05, 3.63) is 82.4 Å². The van der Waals surface area contributed by atoms with Crippen LogP contribution in [0.25, 0.3) is 5.76 Å². The standard InChI is InChI=1S/C27H29ClN2O5/c1-3-14-35-21-8-9-22(18(2)17-21)25(31)23-24(19-4-6-20(28)7-5-19)30(27(33)26(23)32)11-10-29-12-15-34-16-13-29/h3-9,17,24,31H,1,10-16H2,2H3/b25-23-. The van der Waals surface area contributed by atoms with Crippen molar-refractivity contribution in [1.29, 1.82) is 0 Å². The quantitative estimate of drug-likeness (QED) is 0.258. The van der Waals surface area contributed by atoms with Crippen LogP contribution >= 0.6 is 11.6 Å². The first-order chi connectivity index (χ1) is 16.9. The number of ketones is 1. The van der Waals surface area contributed by atoms with Crippen LogP contribution in [0.2, 0.25) is 5.02 Å². The van der Waals surface area contributed by atoms with Gasteiger partial charge in [-0.3, -0.25) is 14.5 Å². The molecule has 0 bridgehead atoms. The molecule has 8 heteroatoms. The van der Waals surface area contributed by atoms with Gasteiger partial charge in [-0.05, 0) is 48.4 Å². The molecule has 2 aromatic carbocycles. The van der Waals surface area contributed by atoms with Crippen LogP contribution in [0, 0.1) is 6.92 Å². The Morgan fingerprint density at radius 1 is 1.17 bits per heavy atom. The van der Waals surface area contributed by atoms with Crippen molar-refractivity contribution in [3.63, 3.8) is 0 Å². The minimum Gasteiger partial charge on any atom is -0.507 e. The first-order valence-electron chi connectivity index (χ1n) is 11.6. The van der Waals surface area contributed by atoms with Gasteiger partial charge in [-0.2, -0.15) is 0 Å². The predicted molar refractivity (Wildman–Crippen MR) is 135 cm³/mol. The molecule has 2 aromatic rings. The molecule has 0 aromatic heterocycles. The highest BCUT2D eigenvalue weighted by atomic mass is 35.5. The molecule has 1 unspecified atom stereocenters. The van der Waals surface area contributed by atoms with Gasteiger partial charge in [-0.25, -0.2) is 0 Å². The normalized spacial score (nSPS) is 20.3. The van der Waals surface area contributed by atoms with Gasteiger partial charge in [0, 0.05) is 36.8 Å². The van der Waals surface area contributed by atoms with Gasteiger partial charge in [-0.15, -0.1) is 0 Å². The molecular formula is C27H29ClN2O5. The van der Waals surface area contributed by atoms with Crippen LogP contribution in [0.5, 0.6) is 5.75 Å². The molecule has 35 heavy (non-hydrogen) atoms. The Balaban J connectivity index is 1.72. The fourth-order valence-electron chi connectivity index (χ4n) is 4.47. The van der Waals surface area contributed by atoms with E-state index in [9.17, 15) is 14.7 Å². The van der Waals surface area contributed by atoms with E-state index in [1.807, 2.05) is 6.92 Å². The third kappa shape index (κ3) is 5.42. The summed E-state index contributed by atoms with van der Waals surface area (Å²) in [6.07, 6.45) is 1.65. The lowest BCUT2D eigenvalue weighted by Crippen LogP contribution is -2.42. The second kappa shape index (κ2) is 11.1. The fourth-order valence-corrected chi connectivity index (χ4v) is 4.59. The van der Waals surface area contributed by atoms with Crippen molar-refractivity contribution in [1.82, 2.24) is 9.80 Å². The number of aliphatic hydroxyl groups is 1. The lowest BCUT2D eigenvalue weighted by molar-refractivity contribution is -0.140. The summed E-state index contributed by atoms with van der Waals surface area (Å²) in [5.41, 5.74) is 1.97. The summed E-state index contributed by atoms with van der Waals surface area (Å²) < 4.78 is 11.0. The Morgan fingerprint density at radius 2 is 1.89 bits per heavy atom. The van der Waals surface area contributed by atoms with Crippen LogP contribution in [0.15, 0.2) is 60.7 Å². The first kappa shape index (κ1) is 25.0. The van der Waals surface area contributed by atoms with Gasteiger partial charge in [-0.1, -0.05) is 36.4 Å². The number of hydrogen-bond donors (Lipinski definition) is 1. The molecule has 1 N–H and O–H groups in total. The van der Waals surface area contributed by atoms with Crippen molar-refractivity contribution < 1.29 is 24.2 Å². The Morgan fingerprint density at radius 3 is 2.54 bits per heavy atom. The summed E-state index contributed by atoms with van der Waals surface area (Å²) in [5.74, 6) is -0.900. The lowest BCUT2D eigenvalue weighted by atomic mass is 9.94. The summed E-state index contributed by atoms with van der Waals surface area (Å²) in [6, 6.07) is 11.5. The number of carbonyl (C=O) groups excluding carboxylic acids is 2. The molecule has 4 rings (SSSR count). The largest absolute Gasteiger partial charge is 0.507 e. The Kier molecular flexibility index (Phi) is 7.90. The number of morpholine rings is 1. The van der Waals surface area contributed by atoms with Crippen LogP contribution in [-0.2, 0) is 14.3 Å². The van der Waals surface area contributed by atoms with E-state index >= 15 is 0 Å². The Labute approximate surface area is 210 Å². The van der Waals surface area contributed by atoms with Gasteiger partial charge in [0.05, 0.1) is 24.8 Å². The SMILES string of the molecule is C=CCOc1ccc(/C(O)=C2/C(=O)C(=O)N(CCN3CCOCC3)C2c2ccc(Cl)cc2)c(C)c1. The lowest BCUT2D eigenvalue weighted by Gasteiger charge is -2.31. The second-order valence-corrected chi connectivity index (χ2v) is 9.01. The second-order valence-electron chi connectivity index (χ2n) is 8.57. The minimum atomic E-state index is -0.718. The number of aliphatic hydroxyl groups excluding tert-OH is 1. The van der Waals surface area contributed by atoms with Crippen molar-refractivity contribution >= 4 is 29.1 Å². The zero-order valence-corrected chi connectivity index (χ0v) is 20.5. The maximum Gasteiger partial charge on any atom is 0.295 e. The monoisotopic (exact) mass is 496 g/mol. The van der Waals surface area contributed by atoms with Crippen molar-refractivity contribution in [2.45, 2.75) is 13.0 Å². The zero-order valence-electron chi connectivity index (χ0n) is 19.7. The van der Waals surface area contributed by atoms with E-state index in [1.165, 1.54) is 0 Å². The molecule has 0 spiro atoms. The van der Waals surface area contributed by atoms with Crippen LogP contribution in [-0.4, -0.2) is 72.6 Å². The van der Waals surface area contributed by atoms with Gasteiger partial charge in [0.1, 0.15) is 18.1 Å². The number of carbonyl (C=O) groups is 2. The van der Waals surface area contributed by atoms with E-state index in [0.29, 0.717) is 54.8 Å². The maximum absolute atomic E-state index is 13.2. The highest BCUT2D eigenvalue weighted by molar-refractivity contribution is 6.46. The number of ether oxygens (including phenoxy) is 2. The summed E-state index contributed by atoms with van der Waals surface area (Å²) in [7, 11) is 0. The molecule has 2 saturated heterocycles. The van der Waals surface area contributed by atoms with E-state index in [4.69, 9.17) is 21.1 Å².